The van der Waals surface area contributed by atoms with Gasteiger partial charge >= 0.3 is 0 Å². The number of ketones is 1. The van der Waals surface area contributed by atoms with Gasteiger partial charge in [0.15, 0.2) is 0 Å². The highest BCUT2D eigenvalue weighted by atomic mass is 127. The summed E-state index contributed by atoms with van der Waals surface area (Å²) in [6, 6.07) is 14.5. The summed E-state index contributed by atoms with van der Waals surface area (Å²) in [5, 5.41) is 0.813. The number of hydrogen-bond acceptors (Lipinski definition) is 3. The molecule has 7 heteroatoms. The third kappa shape index (κ3) is 3.66. The second-order valence-corrected chi connectivity index (χ2v) is 10.5. The van der Waals surface area contributed by atoms with E-state index in [1.807, 2.05) is 26.0 Å². The van der Waals surface area contributed by atoms with Crippen LogP contribution in [-0.2, 0) is 14.9 Å². The van der Waals surface area contributed by atoms with Gasteiger partial charge in [-0.15, -0.1) is 24.0 Å². The first-order chi connectivity index (χ1) is 13.1. The lowest BCUT2D eigenvalue weighted by molar-refractivity contribution is -0.128. The Balaban J connectivity index is 0.000000161. The molecule has 0 aliphatic heterocycles. The Morgan fingerprint density at radius 3 is 2.17 bits per heavy atom. The van der Waals surface area contributed by atoms with Gasteiger partial charge in [0.25, 0.3) is 10.1 Å². The van der Waals surface area contributed by atoms with Crippen LogP contribution in [0.2, 0.25) is 5.02 Å². The first-order valence-electron chi connectivity index (χ1n) is 9.43. The lowest BCUT2D eigenvalue weighted by Crippen LogP contribution is -2.42. The first kappa shape index (κ1) is 22.7. The number of halogens is 2. The normalized spacial score (nSPS) is 25.1. The van der Waals surface area contributed by atoms with Crippen LogP contribution in [0.1, 0.15) is 33.1 Å². The molecule has 0 radical (unpaired) electrons. The maximum Gasteiger partial charge on any atom is 0.265 e. The van der Waals surface area contributed by atoms with Crippen LogP contribution in [0.5, 0.6) is 0 Å². The largest absolute Gasteiger partial charge is 0.299 e. The molecule has 2 bridgehead atoms. The van der Waals surface area contributed by atoms with Gasteiger partial charge in [-0.2, -0.15) is 8.42 Å². The Bertz CT molecular complexity index is 1080. The molecule has 0 aromatic heterocycles. The van der Waals surface area contributed by atoms with Gasteiger partial charge in [-0.3, -0.25) is 9.35 Å². The van der Waals surface area contributed by atoms with E-state index in [1.54, 1.807) is 0 Å². The summed E-state index contributed by atoms with van der Waals surface area (Å²) in [5.74, 6) is -0.101. The second-order valence-electron chi connectivity index (χ2n) is 8.63. The van der Waals surface area contributed by atoms with Gasteiger partial charge in [0.1, 0.15) is 5.78 Å². The van der Waals surface area contributed by atoms with Crippen molar-refractivity contribution in [2.75, 3.05) is 5.75 Å². The molecule has 2 saturated carbocycles. The van der Waals surface area contributed by atoms with Crippen LogP contribution in [-0.4, -0.2) is 24.5 Å². The standard InChI is InChI=1S/C12H7Cl.C10H16O4S.HI/c13-8-5-6-11-9-3-1-2-4-10(9)12(11)7-8;1-9(2)7-3-4-10(9,8(11)5-7)6-15(12,13)14;/h1-7H;7H,3-6H2,1-2H3,(H,12,13,14);1H. The number of carbonyl (C=O) groups excluding carboxylic acids is 1. The highest BCUT2D eigenvalue weighted by molar-refractivity contribution is 14.0. The van der Waals surface area contributed by atoms with Crippen molar-refractivity contribution in [1.29, 1.82) is 0 Å². The maximum absolute atomic E-state index is 11.9. The summed E-state index contributed by atoms with van der Waals surface area (Å²) in [6.07, 6.45) is 1.97. The molecule has 3 aliphatic carbocycles. The van der Waals surface area contributed by atoms with E-state index in [4.69, 9.17) is 16.2 Å². The minimum atomic E-state index is -4.08. The zero-order valence-corrected chi connectivity index (χ0v) is 20.2. The molecule has 2 unspecified atom stereocenters. The summed E-state index contributed by atoms with van der Waals surface area (Å²) in [5.41, 5.74) is 4.14. The van der Waals surface area contributed by atoms with Gasteiger partial charge in [0.2, 0.25) is 0 Å². The molecule has 0 spiro atoms. The third-order valence-electron chi connectivity index (χ3n) is 7.06. The van der Waals surface area contributed by atoms with E-state index in [9.17, 15) is 13.2 Å². The lowest BCUT2D eigenvalue weighted by Gasteiger charge is -2.35. The minimum absolute atomic E-state index is 0. The van der Waals surface area contributed by atoms with Crippen molar-refractivity contribution in [3.63, 3.8) is 0 Å². The zero-order valence-electron chi connectivity index (χ0n) is 16.3. The second kappa shape index (κ2) is 7.62. The van der Waals surface area contributed by atoms with Gasteiger partial charge in [0, 0.05) is 11.4 Å². The van der Waals surface area contributed by atoms with Crippen molar-refractivity contribution in [1.82, 2.24) is 0 Å². The lowest BCUT2D eigenvalue weighted by atomic mass is 9.70. The van der Waals surface area contributed by atoms with Crippen molar-refractivity contribution >= 4 is 51.5 Å². The Hall–Kier alpha value is -0.960. The molecule has 4 nitrogen and oxygen atoms in total. The molecule has 0 heterocycles. The number of fused-ring (bicyclic) bond motifs is 6. The van der Waals surface area contributed by atoms with Crippen molar-refractivity contribution in [2.24, 2.45) is 16.7 Å². The van der Waals surface area contributed by atoms with E-state index in [0.717, 1.165) is 11.4 Å². The van der Waals surface area contributed by atoms with E-state index in [-0.39, 0.29) is 41.1 Å². The molecule has 29 heavy (non-hydrogen) atoms. The fraction of sp³-hybridized carbons (Fsp3) is 0.409. The summed E-state index contributed by atoms with van der Waals surface area (Å²) in [4.78, 5) is 11.9. The zero-order chi connectivity index (χ0) is 20.3. The molecule has 5 rings (SSSR count). The van der Waals surface area contributed by atoms with Crippen LogP contribution >= 0.6 is 35.6 Å². The van der Waals surface area contributed by atoms with E-state index in [0.29, 0.717) is 12.8 Å². The molecular weight excluding hydrogens is 523 g/mol. The molecule has 2 aromatic rings. The highest BCUT2D eigenvalue weighted by Gasteiger charge is 2.65. The SMILES string of the molecule is CC1(C)C2CCC1(CS(=O)(=O)O)C(=O)C2.Clc1ccc2c(c1)-c1ccccc1-2.I. The molecule has 2 fully saturated rings. The van der Waals surface area contributed by atoms with Crippen LogP contribution in [0.25, 0.3) is 22.3 Å². The number of hydrogen-bond donors (Lipinski definition) is 1. The predicted octanol–water partition coefficient (Wildman–Crippen LogP) is 5.88. The molecule has 0 saturated heterocycles. The fourth-order valence-electron chi connectivity index (χ4n) is 5.28. The fourth-order valence-corrected chi connectivity index (χ4v) is 6.76. The Kier molecular flexibility index (Phi) is 5.97. The molecule has 1 N–H and O–H groups in total. The average Bonchev–Trinajstić information content (AvgIpc) is 2.93. The molecule has 3 aliphatic rings. The van der Waals surface area contributed by atoms with E-state index < -0.39 is 21.3 Å². The third-order valence-corrected chi connectivity index (χ3v) is 8.15. The number of carbonyl (C=O) groups is 1. The summed E-state index contributed by atoms with van der Waals surface area (Å²) < 4.78 is 31.0. The number of Topliss-reactive ketones (excluding diaryl/α,β-unsaturated/α-hetero) is 1. The summed E-state index contributed by atoms with van der Waals surface area (Å²) in [7, 11) is -4.08. The molecule has 0 amide bonds. The van der Waals surface area contributed by atoms with Crippen LogP contribution in [0.4, 0.5) is 0 Å². The topological polar surface area (TPSA) is 71.4 Å². The van der Waals surface area contributed by atoms with E-state index >= 15 is 0 Å². The smallest absolute Gasteiger partial charge is 0.265 e. The van der Waals surface area contributed by atoms with Crippen molar-refractivity contribution in [3.8, 4) is 22.3 Å². The first-order valence-corrected chi connectivity index (χ1v) is 11.4. The predicted molar refractivity (Wildman–Crippen MR) is 126 cm³/mol. The molecular formula is C22H24ClIO4S. The average molecular weight is 547 g/mol. The number of rotatable bonds is 2. The van der Waals surface area contributed by atoms with Gasteiger partial charge in [-0.25, -0.2) is 0 Å². The monoisotopic (exact) mass is 546 g/mol. The van der Waals surface area contributed by atoms with Gasteiger partial charge < -0.3 is 0 Å². The summed E-state index contributed by atoms with van der Waals surface area (Å²) in [6.45, 7) is 3.89. The van der Waals surface area contributed by atoms with Crippen LogP contribution in [0.3, 0.4) is 0 Å². The Labute approximate surface area is 193 Å². The Morgan fingerprint density at radius 2 is 1.66 bits per heavy atom. The van der Waals surface area contributed by atoms with Crippen molar-refractivity contribution < 1.29 is 17.8 Å². The van der Waals surface area contributed by atoms with Gasteiger partial charge in [-0.05, 0) is 58.6 Å². The molecule has 156 valence electrons. The number of benzene rings is 2. The van der Waals surface area contributed by atoms with Crippen molar-refractivity contribution in [2.45, 2.75) is 33.1 Å². The highest BCUT2D eigenvalue weighted by Crippen LogP contribution is 2.64. The Morgan fingerprint density at radius 1 is 1.07 bits per heavy atom. The van der Waals surface area contributed by atoms with Crippen LogP contribution < -0.4 is 0 Å². The van der Waals surface area contributed by atoms with Gasteiger partial charge in [-0.1, -0.05) is 55.8 Å². The molecule has 2 atom stereocenters. The quantitative estimate of drug-likeness (QED) is 0.322. The maximum atomic E-state index is 11.9. The van der Waals surface area contributed by atoms with Crippen LogP contribution in [0, 0.1) is 16.7 Å². The van der Waals surface area contributed by atoms with Gasteiger partial charge in [0.05, 0.1) is 11.2 Å². The molecule has 2 aromatic carbocycles. The van der Waals surface area contributed by atoms with Crippen LogP contribution in [0.15, 0.2) is 42.5 Å². The van der Waals surface area contributed by atoms with E-state index in [1.165, 1.54) is 22.3 Å². The minimum Gasteiger partial charge on any atom is -0.299 e. The summed E-state index contributed by atoms with van der Waals surface area (Å²) >= 11 is 5.92. The van der Waals surface area contributed by atoms with Crippen molar-refractivity contribution in [3.05, 3.63) is 47.5 Å². The van der Waals surface area contributed by atoms with E-state index in [2.05, 4.69) is 30.3 Å².